The van der Waals surface area contributed by atoms with Crippen molar-refractivity contribution in [3.8, 4) is 5.75 Å². The Kier molecular flexibility index (Phi) is 4.23. The van der Waals surface area contributed by atoms with Crippen molar-refractivity contribution in [3.05, 3.63) is 57.8 Å². The van der Waals surface area contributed by atoms with E-state index in [0.29, 0.717) is 0 Å². The van der Waals surface area contributed by atoms with Crippen LogP contribution in [0.5, 0.6) is 5.75 Å². The average molecular weight is 354 g/mol. The van der Waals surface area contributed by atoms with Gasteiger partial charge in [0.2, 0.25) is 0 Å². The first-order valence-corrected chi connectivity index (χ1v) is 6.51. The predicted molar refractivity (Wildman–Crippen MR) is 77.1 cm³/mol. The van der Waals surface area contributed by atoms with E-state index < -0.39 is 23.4 Å². The normalized spacial score (nSPS) is 10.2. The summed E-state index contributed by atoms with van der Waals surface area (Å²) in [6.45, 7) is 0. The summed E-state index contributed by atoms with van der Waals surface area (Å²) in [7, 11) is 0. The molecule has 0 saturated heterocycles. The monoisotopic (exact) mass is 353 g/mol. The molecule has 0 aliphatic heterocycles. The zero-order chi connectivity index (χ0) is 15.6. The number of hydrogen-bond donors (Lipinski definition) is 3. The fourth-order valence-corrected chi connectivity index (χ4v) is 2.05. The van der Waals surface area contributed by atoms with E-state index in [4.69, 9.17) is 5.11 Å². The number of halogens is 2. The van der Waals surface area contributed by atoms with E-state index in [1.165, 1.54) is 36.4 Å². The summed E-state index contributed by atoms with van der Waals surface area (Å²) in [6.07, 6.45) is 0. The van der Waals surface area contributed by atoms with Gasteiger partial charge in [-0.2, -0.15) is 0 Å². The van der Waals surface area contributed by atoms with Crippen LogP contribution in [0.25, 0.3) is 0 Å². The Hall–Kier alpha value is -2.41. The minimum Gasteiger partial charge on any atom is -0.505 e. The van der Waals surface area contributed by atoms with E-state index in [0.717, 1.165) is 0 Å². The van der Waals surface area contributed by atoms with Crippen molar-refractivity contribution in [3.63, 3.8) is 0 Å². The molecular formula is C14H9BrFNO4. The summed E-state index contributed by atoms with van der Waals surface area (Å²) in [5.41, 5.74) is -0.703. The van der Waals surface area contributed by atoms with Crippen molar-refractivity contribution < 1.29 is 24.2 Å². The molecule has 2 rings (SSSR count). The molecule has 0 heterocycles. The van der Waals surface area contributed by atoms with Crippen LogP contribution in [0.3, 0.4) is 0 Å². The second-order valence-electron chi connectivity index (χ2n) is 4.06. The number of benzene rings is 2. The maximum atomic E-state index is 13.8. The fourth-order valence-electron chi connectivity index (χ4n) is 1.69. The summed E-state index contributed by atoms with van der Waals surface area (Å²) in [6, 6.07) is 8.05. The number of amides is 1. The van der Waals surface area contributed by atoms with Gasteiger partial charge in [-0.3, -0.25) is 4.79 Å². The number of carbonyl (C=O) groups is 2. The zero-order valence-corrected chi connectivity index (χ0v) is 12.0. The highest BCUT2D eigenvalue weighted by Gasteiger charge is 2.18. The van der Waals surface area contributed by atoms with Gasteiger partial charge in [0, 0.05) is 0 Å². The number of hydrogen-bond acceptors (Lipinski definition) is 3. The first kappa shape index (κ1) is 15.0. The summed E-state index contributed by atoms with van der Waals surface area (Å²) in [5.74, 6) is -3.47. The van der Waals surface area contributed by atoms with Crippen LogP contribution in [-0.4, -0.2) is 22.1 Å². The van der Waals surface area contributed by atoms with Crippen LogP contribution in [0.2, 0.25) is 0 Å². The minimum absolute atomic E-state index is 0.112. The van der Waals surface area contributed by atoms with Crippen molar-refractivity contribution in [1.29, 1.82) is 0 Å². The van der Waals surface area contributed by atoms with Gasteiger partial charge in [-0.25, -0.2) is 9.18 Å². The minimum atomic E-state index is -1.34. The second kappa shape index (κ2) is 5.92. The molecule has 108 valence electrons. The quantitative estimate of drug-likeness (QED) is 0.739. The van der Waals surface area contributed by atoms with E-state index >= 15 is 0 Å². The zero-order valence-electron chi connectivity index (χ0n) is 10.4. The Balaban J connectivity index is 2.34. The van der Waals surface area contributed by atoms with Crippen LogP contribution < -0.4 is 5.32 Å². The SMILES string of the molecule is O=C(O)c1cccc(NC(=O)c2cccc(Br)c2F)c1O. The van der Waals surface area contributed by atoms with Gasteiger partial charge in [-0.15, -0.1) is 0 Å². The van der Waals surface area contributed by atoms with Crippen LogP contribution in [0, 0.1) is 5.82 Å². The third-order valence-corrected chi connectivity index (χ3v) is 3.32. The molecule has 21 heavy (non-hydrogen) atoms. The molecule has 0 saturated carbocycles. The van der Waals surface area contributed by atoms with Crippen LogP contribution in [-0.2, 0) is 0 Å². The lowest BCUT2D eigenvalue weighted by Gasteiger charge is -2.10. The topological polar surface area (TPSA) is 86.6 Å². The smallest absolute Gasteiger partial charge is 0.339 e. The Morgan fingerprint density at radius 1 is 1.10 bits per heavy atom. The summed E-state index contributed by atoms with van der Waals surface area (Å²) in [5, 5.41) is 20.9. The Morgan fingerprint density at radius 2 is 1.71 bits per heavy atom. The van der Waals surface area contributed by atoms with Crippen molar-refractivity contribution in [2.45, 2.75) is 0 Å². The van der Waals surface area contributed by atoms with E-state index in [-0.39, 0.29) is 21.3 Å². The van der Waals surface area contributed by atoms with E-state index in [1.807, 2.05) is 0 Å². The van der Waals surface area contributed by atoms with Gasteiger partial charge in [-0.05, 0) is 40.2 Å². The van der Waals surface area contributed by atoms with E-state index in [9.17, 15) is 19.1 Å². The molecule has 0 aromatic heterocycles. The number of aromatic hydroxyl groups is 1. The number of para-hydroxylation sites is 1. The Bertz CT molecular complexity index is 733. The molecule has 0 aliphatic rings. The van der Waals surface area contributed by atoms with Crippen molar-refractivity contribution in [2.75, 3.05) is 5.32 Å². The van der Waals surface area contributed by atoms with Crippen LogP contribution >= 0.6 is 15.9 Å². The predicted octanol–water partition coefficient (Wildman–Crippen LogP) is 3.24. The Labute approximate surface area is 127 Å². The average Bonchev–Trinajstić information content (AvgIpc) is 2.43. The van der Waals surface area contributed by atoms with Gasteiger partial charge in [0.05, 0.1) is 15.7 Å². The first-order valence-electron chi connectivity index (χ1n) is 5.72. The highest BCUT2D eigenvalue weighted by Crippen LogP contribution is 2.28. The van der Waals surface area contributed by atoms with Gasteiger partial charge in [0.1, 0.15) is 11.4 Å². The molecule has 2 aromatic carbocycles. The van der Waals surface area contributed by atoms with Gasteiger partial charge < -0.3 is 15.5 Å². The first-order chi connectivity index (χ1) is 9.91. The number of rotatable bonds is 3. The number of carboxylic acid groups (broad SMARTS) is 1. The van der Waals surface area contributed by atoms with Crippen LogP contribution in [0.15, 0.2) is 40.9 Å². The maximum Gasteiger partial charge on any atom is 0.339 e. The van der Waals surface area contributed by atoms with Crippen molar-refractivity contribution >= 4 is 33.5 Å². The number of aromatic carboxylic acids is 1. The molecule has 0 radical (unpaired) electrons. The molecular weight excluding hydrogens is 345 g/mol. The fraction of sp³-hybridized carbons (Fsp3) is 0. The number of carboxylic acids is 1. The highest BCUT2D eigenvalue weighted by molar-refractivity contribution is 9.10. The van der Waals surface area contributed by atoms with Crippen molar-refractivity contribution in [2.24, 2.45) is 0 Å². The molecule has 2 aromatic rings. The lowest BCUT2D eigenvalue weighted by Crippen LogP contribution is -2.14. The molecule has 0 bridgehead atoms. The van der Waals surface area contributed by atoms with Gasteiger partial charge >= 0.3 is 5.97 Å². The third kappa shape index (κ3) is 3.03. The van der Waals surface area contributed by atoms with Gasteiger partial charge in [0.25, 0.3) is 5.91 Å². The number of phenols is 1. The van der Waals surface area contributed by atoms with Gasteiger partial charge in [-0.1, -0.05) is 12.1 Å². The number of carbonyl (C=O) groups excluding carboxylic acids is 1. The largest absolute Gasteiger partial charge is 0.505 e. The molecule has 0 aliphatic carbocycles. The lowest BCUT2D eigenvalue weighted by atomic mass is 10.1. The van der Waals surface area contributed by atoms with Crippen LogP contribution in [0.1, 0.15) is 20.7 Å². The third-order valence-electron chi connectivity index (χ3n) is 2.71. The van der Waals surface area contributed by atoms with Crippen molar-refractivity contribution in [1.82, 2.24) is 0 Å². The molecule has 0 unspecified atom stereocenters. The highest BCUT2D eigenvalue weighted by atomic mass is 79.9. The molecule has 7 heteroatoms. The maximum absolute atomic E-state index is 13.8. The Morgan fingerprint density at radius 3 is 2.38 bits per heavy atom. The summed E-state index contributed by atoms with van der Waals surface area (Å²) in [4.78, 5) is 22.9. The van der Waals surface area contributed by atoms with Crippen LogP contribution in [0.4, 0.5) is 10.1 Å². The van der Waals surface area contributed by atoms with Gasteiger partial charge in [0.15, 0.2) is 5.75 Å². The molecule has 0 fully saturated rings. The molecule has 5 nitrogen and oxygen atoms in total. The number of nitrogens with one attached hydrogen (secondary N) is 1. The molecule has 0 spiro atoms. The standard InChI is InChI=1S/C14H9BrFNO4/c15-9-5-1-3-7(11(9)16)13(19)17-10-6-2-4-8(12(10)18)14(20)21/h1-6,18H,(H,17,19)(H,20,21). The van der Waals surface area contributed by atoms with E-state index in [1.54, 1.807) is 0 Å². The summed E-state index contributed by atoms with van der Waals surface area (Å²) >= 11 is 2.96. The molecule has 0 atom stereocenters. The summed E-state index contributed by atoms with van der Waals surface area (Å²) < 4.78 is 13.9. The molecule has 3 N–H and O–H groups in total. The second-order valence-corrected chi connectivity index (χ2v) is 4.92. The number of anilines is 1. The molecule has 1 amide bonds. The van der Waals surface area contributed by atoms with E-state index in [2.05, 4.69) is 21.2 Å². The lowest BCUT2D eigenvalue weighted by molar-refractivity contribution is 0.0693.